The van der Waals surface area contributed by atoms with Crippen molar-refractivity contribution in [1.82, 2.24) is 0 Å². The number of nitro groups is 1. The van der Waals surface area contributed by atoms with Crippen LogP contribution in [-0.2, 0) is 0 Å². The molecule has 2 rings (SSSR count). The fourth-order valence-corrected chi connectivity index (χ4v) is 2.41. The third kappa shape index (κ3) is 3.89. The highest BCUT2D eigenvalue weighted by atomic mass is 32.2. The summed E-state index contributed by atoms with van der Waals surface area (Å²) in [6.45, 7) is 0.459. The van der Waals surface area contributed by atoms with Crippen molar-refractivity contribution in [1.29, 1.82) is 0 Å². The molecule has 5 nitrogen and oxygen atoms in total. The summed E-state index contributed by atoms with van der Waals surface area (Å²) in [5, 5.41) is 10.6. The van der Waals surface area contributed by atoms with Crippen LogP contribution in [0.15, 0.2) is 53.4 Å². The van der Waals surface area contributed by atoms with Crippen LogP contribution in [-0.4, -0.2) is 17.3 Å². The Kier molecular flexibility index (Phi) is 4.84. The maximum Gasteiger partial charge on any atom is 0.273 e. The third-order valence-electron chi connectivity index (χ3n) is 2.56. The van der Waals surface area contributed by atoms with E-state index in [1.807, 2.05) is 24.3 Å². The van der Waals surface area contributed by atoms with E-state index in [4.69, 9.17) is 10.5 Å². The van der Waals surface area contributed by atoms with Crippen LogP contribution in [0.1, 0.15) is 0 Å². The summed E-state index contributed by atoms with van der Waals surface area (Å²) in [7, 11) is 0. The first-order valence-electron chi connectivity index (χ1n) is 6.01. The molecule has 0 heterocycles. The third-order valence-corrected chi connectivity index (χ3v) is 3.61. The summed E-state index contributed by atoms with van der Waals surface area (Å²) >= 11 is 1.59. The van der Waals surface area contributed by atoms with E-state index in [9.17, 15) is 10.1 Å². The smallest absolute Gasteiger partial charge is 0.273 e. The summed E-state index contributed by atoms with van der Waals surface area (Å²) in [5.41, 5.74) is 6.60. The van der Waals surface area contributed by atoms with Gasteiger partial charge < -0.3 is 10.5 Å². The van der Waals surface area contributed by atoms with Gasteiger partial charge in [-0.3, -0.25) is 10.1 Å². The Labute approximate surface area is 120 Å². The van der Waals surface area contributed by atoms with Gasteiger partial charge in [0.1, 0.15) is 5.75 Å². The molecule has 2 aromatic rings. The van der Waals surface area contributed by atoms with Gasteiger partial charge in [0, 0.05) is 22.4 Å². The number of nitro benzene ring substituents is 1. The molecule has 0 saturated carbocycles. The van der Waals surface area contributed by atoms with Gasteiger partial charge in [0.15, 0.2) is 0 Å². The molecule has 0 bridgehead atoms. The lowest BCUT2D eigenvalue weighted by molar-refractivity contribution is -0.384. The minimum absolute atomic E-state index is 0.0301. The van der Waals surface area contributed by atoms with E-state index in [0.29, 0.717) is 12.4 Å². The summed E-state index contributed by atoms with van der Waals surface area (Å²) in [6, 6.07) is 13.8. The van der Waals surface area contributed by atoms with Crippen molar-refractivity contribution in [2.75, 3.05) is 18.1 Å². The molecular weight excluding hydrogens is 276 g/mol. The number of ether oxygens (including phenoxy) is 1. The lowest BCUT2D eigenvalue weighted by Gasteiger charge is -2.07. The molecule has 0 saturated heterocycles. The van der Waals surface area contributed by atoms with Gasteiger partial charge in [0.05, 0.1) is 17.6 Å². The molecule has 0 aliphatic carbocycles. The maximum atomic E-state index is 10.6. The molecule has 0 spiro atoms. The molecule has 104 valence electrons. The number of nitrogens with two attached hydrogens (primary N) is 1. The Morgan fingerprint density at radius 1 is 1.20 bits per heavy atom. The van der Waals surface area contributed by atoms with Gasteiger partial charge in [-0.15, -0.1) is 11.8 Å². The molecule has 0 fully saturated rings. The number of non-ortho nitro benzene ring substituents is 1. The minimum atomic E-state index is -0.438. The number of nitrogens with zero attached hydrogens (tertiary/aromatic N) is 1. The Hall–Kier alpha value is -2.21. The molecule has 0 aliphatic rings. The standard InChI is InChI=1S/C14H14N2O3S/c15-13-6-1-2-7-14(13)20-9-8-19-12-5-3-4-11(10-12)16(17)18/h1-7,10H,8-9,15H2. The van der Waals surface area contributed by atoms with Gasteiger partial charge in [-0.2, -0.15) is 0 Å². The second kappa shape index (κ2) is 6.81. The van der Waals surface area contributed by atoms with Gasteiger partial charge in [-0.1, -0.05) is 18.2 Å². The van der Waals surface area contributed by atoms with E-state index in [0.717, 1.165) is 16.3 Å². The maximum absolute atomic E-state index is 10.6. The van der Waals surface area contributed by atoms with Crippen LogP contribution in [0.25, 0.3) is 0 Å². The normalized spacial score (nSPS) is 10.2. The van der Waals surface area contributed by atoms with E-state index in [2.05, 4.69) is 0 Å². The van der Waals surface area contributed by atoms with E-state index >= 15 is 0 Å². The van der Waals surface area contributed by atoms with Crippen molar-refractivity contribution in [3.05, 3.63) is 58.6 Å². The first-order chi connectivity index (χ1) is 9.66. The van der Waals surface area contributed by atoms with Gasteiger partial charge in [0.2, 0.25) is 0 Å². The first-order valence-corrected chi connectivity index (χ1v) is 7.00. The Balaban J connectivity index is 1.83. The number of para-hydroxylation sites is 1. The topological polar surface area (TPSA) is 78.4 Å². The monoisotopic (exact) mass is 290 g/mol. The molecule has 0 aliphatic heterocycles. The van der Waals surface area contributed by atoms with E-state index in [-0.39, 0.29) is 5.69 Å². The lowest BCUT2D eigenvalue weighted by atomic mass is 10.3. The van der Waals surface area contributed by atoms with Crippen molar-refractivity contribution in [2.24, 2.45) is 0 Å². The predicted octanol–water partition coefficient (Wildman–Crippen LogP) is 3.35. The summed E-state index contributed by atoms with van der Waals surface area (Å²) < 4.78 is 5.49. The highest BCUT2D eigenvalue weighted by Crippen LogP contribution is 2.24. The van der Waals surface area contributed by atoms with Crippen molar-refractivity contribution in [2.45, 2.75) is 4.90 Å². The fourth-order valence-electron chi connectivity index (χ4n) is 1.61. The SMILES string of the molecule is Nc1ccccc1SCCOc1cccc([N+](=O)[O-])c1. The first kappa shape index (κ1) is 14.2. The number of rotatable bonds is 6. The average Bonchev–Trinajstić information content (AvgIpc) is 2.45. The van der Waals surface area contributed by atoms with Gasteiger partial charge in [-0.05, 0) is 18.2 Å². The summed E-state index contributed by atoms with van der Waals surface area (Å²) in [5.74, 6) is 1.22. The molecule has 0 amide bonds. The van der Waals surface area contributed by atoms with Crippen molar-refractivity contribution < 1.29 is 9.66 Å². The lowest BCUT2D eigenvalue weighted by Crippen LogP contribution is -2.01. The molecule has 6 heteroatoms. The number of anilines is 1. The second-order valence-corrected chi connectivity index (χ2v) is 5.13. The molecule has 0 radical (unpaired) electrons. The zero-order chi connectivity index (χ0) is 14.4. The van der Waals surface area contributed by atoms with E-state index in [1.165, 1.54) is 12.1 Å². The summed E-state index contributed by atoms with van der Waals surface area (Å²) in [6.07, 6.45) is 0. The van der Waals surface area contributed by atoms with Crippen molar-refractivity contribution in [3.8, 4) is 5.75 Å². The Morgan fingerprint density at radius 2 is 2.00 bits per heavy atom. The van der Waals surface area contributed by atoms with Crippen LogP contribution in [0.5, 0.6) is 5.75 Å². The van der Waals surface area contributed by atoms with Crippen molar-refractivity contribution in [3.63, 3.8) is 0 Å². The quantitative estimate of drug-likeness (QED) is 0.290. The van der Waals surface area contributed by atoms with Crippen LogP contribution < -0.4 is 10.5 Å². The minimum Gasteiger partial charge on any atom is -0.492 e. The molecule has 0 unspecified atom stereocenters. The number of hydrogen-bond donors (Lipinski definition) is 1. The number of thioether (sulfide) groups is 1. The van der Waals surface area contributed by atoms with Crippen LogP contribution in [0.4, 0.5) is 11.4 Å². The largest absolute Gasteiger partial charge is 0.492 e. The molecule has 20 heavy (non-hydrogen) atoms. The second-order valence-electron chi connectivity index (χ2n) is 3.99. The van der Waals surface area contributed by atoms with Gasteiger partial charge in [-0.25, -0.2) is 0 Å². The zero-order valence-corrected chi connectivity index (χ0v) is 11.5. The molecule has 0 aromatic heterocycles. The van der Waals surface area contributed by atoms with Crippen LogP contribution in [0.3, 0.4) is 0 Å². The highest BCUT2D eigenvalue weighted by molar-refractivity contribution is 7.99. The van der Waals surface area contributed by atoms with Crippen LogP contribution >= 0.6 is 11.8 Å². The van der Waals surface area contributed by atoms with Gasteiger partial charge >= 0.3 is 0 Å². The summed E-state index contributed by atoms with van der Waals surface area (Å²) in [4.78, 5) is 11.2. The zero-order valence-electron chi connectivity index (χ0n) is 10.7. The van der Waals surface area contributed by atoms with Gasteiger partial charge in [0.25, 0.3) is 5.69 Å². The van der Waals surface area contributed by atoms with E-state index < -0.39 is 4.92 Å². The molecule has 2 aromatic carbocycles. The molecule has 0 atom stereocenters. The van der Waals surface area contributed by atoms with Crippen LogP contribution in [0.2, 0.25) is 0 Å². The number of nitrogen functional groups attached to an aromatic ring is 1. The molecule has 2 N–H and O–H groups in total. The van der Waals surface area contributed by atoms with Crippen molar-refractivity contribution >= 4 is 23.1 Å². The average molecular weight is 290 g/mol. The number of hydrogen-bond acceptors (Lipinski definition) is 5. The Bertz CT molecular complexity index is 604. The highest BCUT2D eigenvalue weighted by Gasteiger charge is 2.06. The van der Waals surface area contributed by atoms with E-state index in [1.54, 1.807) is 23.9 Å². The van der Waals surface area contributed by atoms with Crippen LogP contribution in [0, 0.1) is 10.1 Å². The Morgan fingerprint density at radius 3 is 2.75 bits per heavy atom. The molecular formula is C14H14N2O3S. The number of benzene rings is 2. The fraction of sp³-hybridized carbons (Fsp3) is 0.143. The predicted molar refractivity (Wildman–Crippen MR) is 80.2 cm³/mol.